The first kappa shape index (κ1) is 17.5. The fourth-order valence-corrected chi connectivity index (χ4v) is 2.65. The first-order chi connectivity index (χ1) is 11.6. The van der Waals surface area contributed by atoms with Gasteiger partial charge in [0.2, 0.25) is 5.91 Å². The van der Waals surface area contributed by atoms with Crippen LogP contribution in [-0.2, 0) is 9.59 Å². The number of anilines is 1. The van der Waals surface area contributed by atoms with Gasteiger partial charge in [0.15, 0.2) is 0 Å². The lowest BCUT2D eigenvalue weighted by Gasteiger charge is -2.34. The van der Waals surface area contributed by atoms with Crippen molar-refractivity contribution in [2.75, 3.05) is 37.6 Å². The van der Waals surface area contributed by atoms with E-state index in [0.29, 0.717) is 32.7 Å². The monoisotopic (exact) mass is 326 g/mol. The van der Waals surface area contributed by atoms with E-state index in [-0.39, 0.29) is 17.4 Å². The van der Waals surface area contributed by atoms with E-state index in [9.17, 15) is 14.9 Å². The smallest absolute Gasteiger partial charge is 0.266 e. The summed E-state index contributed by atoms with van der Waals surface area (Å²) in [5, 5.41) is 9.40. The molecule has 1 saturated heterocycles. The van der Waals surface area contributed by atoms with Crippen LogP contribution in [0.2, 0.25) is 0 Å². The Hall–Kier alpha value is -2.81. The highest BCUT2D eigenvalue weighted by atomic mass is 16.2. The third-order valence-corrected chi connectivity index (χ3v) is 4.08. The standard InChI is InChI=1S/C18H22N4O2/c1-3-20(17-7-5-4-6-8-17)14-16(13-19)18(24)22-11-9-21(10-12-22)15(2)23/h4-8,14H,3,9-12H2,1-2H3/b16-14-. The van der Waals surface area contributed by atoms with Crippen LogP contribution in [0.15, 0.2) is 42.1 Å². The number of para-hydroxylation sites is 1. The molecule has 0 bridgehead atoms. The summed E-state index contributed by atoms with van der Waals surface area (Å²) in [7, 11) is 0. The second kappa shape index (κ2) is 8.16. The molecule has 0 saturated carbocycles. The van der Waals surface area contributed by atoms with E-state index in [1.54, 1.807) is 16.0 Å². The molecular weight excluding hydrogens is 304 g/mol. The van der Waals surface area contributed by atoms with Crippen molar-refractivity contribution >= 4 is 17.5 Å². The molecule has 0 spiro atoms. The van der Waals surface area contributed by atoms with E-state index < -0.39 is 0 Å². The fourth-order valence-electron chi connectivity index (χ4n) is 2.65. The summed E-state index contributed by atoms with van der Waals surface area (Å²) in [4.78, 5) is 29.2. The zero-order chi connectivity index (χ0) is 17.5. The minimum Gasteiger partial charge on any atom is -0.347 e. The van der Waals surface area contributed by atoms with Crippen molar-refractivity contribution in [3.63, 3.8) is 0 Å². The molecule has 0 N–H and O–H groups in total. The number of hydrogen-bond acceptors (Lipinski definition) is 4. The molecule has 0 aliphatic carbocycles. The summed E-state index contributed by atoms with van der Waals surface area (Å²) >= 11 is 0. The maximum atomic E-state index is 12.6. The van der Waals surface area contributed by atoms with Gasteiger partial charge in [0.25, 0.3) is 5.91 Å². The van der Waals surface area contributed by atoms with Gasteiger partial charge in [-0.3, -0.25) is 9.59 Å². The molecule has 2 amide bonds. The number of carbonyl (C=O) groups is 2. The molecule has 1 aliphatic rings. The van der Waals surface area contributed by atoms with Gasteiger partial charge in [0.05, 0.1) is 0 Å². The van der Waals surface area contributed by atoms with Gasteiger partial charge in [-0.1, -0.05) is 18.2 Å². The Labute approximate surface area is 142 Å². The van der Waals surface area contributed by atoms with E-state index in [1.807, 2.05) is 48.2 Å². The number of piperazine rings is 1. The van der Waals surface area contributed by atoms with E-state index in [1.165, 1.54) is 6.92 Å². The average Bonchev–Trinajstić information content (AvgIpc) is 2.63. The summed E-state index contributed by atoms with van der Waals surface area (Å²) in [6, 6.07) is 11.6. The summed E-state index contributed by atoms with van der Waals surface area (Å²) in [5.74, 6) is -0.269. The number of nitriles is 1. The molecule has 6 heteroatoms. The number of amides is 2. The lowest BCUT2D eigenvalue weighted by molar-refractivity contribution is -0.136. The van der Waals surface area contributed by atoms with Gasteiger partial charge >= 0.3 is 0 Å². The van der Waals surface area contributed by atoms with Crippen molar-refractivity contribution in [2.45, 2.75) is 13.8 Å². The van der Waals surface area contributed by atoms with Gasteiger partial charge < -0.3 is 14.7 Å². The van der Waals surface area contributed by atoms with Crippen molar-refractivity contribution < 1.29 is 9.59 Å². The molecule has 0 atom stereocenters. The Morgan fingerprint density at radius 3 is 2.25 bits per heavy atom. The number of rotatable bonds is 4. The van der Waals surface area contributed by atoms with Crippen molar-refractivity contribution in [3.05, 3.63) is 42.1 Å². The van der Waals surface area contributed by atoms with Crippen LogP contribution < -0.4 is 4.90 Å². The highest BCUT2D eigenvalue weighted by Gasteiger charge is 2.25. The second-order valence-electron chi connectivity index (χ2n) is 5.57. The zero-order valence-electron chi connectivity index (χ0n) is 14.1. The first-order valence-corrected chi connectivity index (χ1v) is 8.05. The predicted octanol–water partition coefficient (Wildman–Crippen LogP) is 1.61. The minimum atomic E-state index is -0.282. The maximum absolute atomic E-state index is 12.6. The van der Waals surface area contributed by atoms with E-state index in [0.717, 1.165) is 5.69 Å². The highest BCUT2D eigenvalue weighted by molar-refractivity contribution is 5.97. The molecular formula is C18H22N4O2. The van der Waals surface area contributed by atoms with Gasteiger partial charge in [-0.15, -0.1) is 0 Å². The Morgan fingerprint density at radius 1 is 1.17 bits per heavy atom. The normalized spacial score (nSPS) is 15.0. The van der Waals surface area contributed by atoms with Crippen LogP contribution in [0.1, 0.15) is 13.8 Å². The number of nitrogens with zero attached hydrogens (tertiary/aromatic N) is 4. The molecule has 1 aromatic rings. The minimum absolute atomic E-state index is 0.0133. The fraction of sp³-hybridized carbons (Fsp3) is 0.389. The molecule has 1 heterocycles. The Balaban J connectivity index is 2.11. The van der Waals surface area contributed by atoms with Crippen LogP contribution in [0.4, 0.5) is 5.69 Å². The zero-order valence-corrected chi connectivity index (χ0v) is 14.1. The first-order valence-electron chi connectivity index (χ1n) is 8.05. The largest absolute Gasteiger partial charge is 0.347 e. The molecule has 2 rings (SSSR count). The predicted molar refractivity (Wildman–Crippen MR) is 92.0 cm³/mol. The summed E-state index contributed by atoms with van der Waals surface area (Å²) in [5.41, 5.74) is 1.04. The van der Waals surface area contributed by atoms with Crippen molar-refractivity contribution in [1.29, 1.82) is 5.26 Å². The molecule has 24 heavy (non-hydrogen) atoms. The third-order valence-electron chi connectivity index (χ3n) is 4.08. The van der Waals surface area contributed by atoms with Crippen LogP contribution in [0.5, 0.6) is 0 Å². The van der Waals surface area contributed by atoms with Crippen LogP contribution in [0.3, 0.4) is 0 Å². The SMILES string of the molecule is CCN(/C=C(/C#N)C(=O)N1CCN(C(C)=O)CC1)c1ccccc1. The van der Waals surface area contributed by atoms with E-state index in [2.05, 4.69) is 0 Å². The Bertz CT molecular complexity index is 655. The van der Waals surface area contributed by atoms with Crippen LogP contribution in [-0.4, -0.2) is 54.3 Å². The Morgan fingerprint density at radius 2 is 1.75 bits per heavy atom. The topological polar surface area (TPSA) is 67.7 Å². The van der Waals surface area contributed by atoms with Crippen LogP contribution in [0, 0.1) is 11.3 Å². The number of hydrogen-bond donors (Lipinski definition) is 0. The lowest BCUT2D eigenvalue weighted by atomic mass is 10.2. The van der Waals surface area contributed by atoms with Crippen molar-refractivity contribution in [3.8, 4) is 6.07 Å². The summed E-state index contributed by atoms with van der Waals surface area (Å²) in [6.07, 6.45) is 1.61. The van der Waals surface area contributed by atoms with Gasteiger partial charge in [0, 0.05) is 51.5 Å². The second-order valence-corrected chi connectivity index (χ2v) is 5.57. The quantitative estimate of drug-likeness (QED) is 0.623. The van der Waals surface area contributed by atoms with Crippen molar-refractivity contribution in [2.24, 2.45) is 0 Å². The molecule has 6 nitrogen and oxygen atoms in total. The van der Waals surface area contributed by atoms with Gasteiger partial charge in [-0.05, 0) is 19.1 Å². The summed E-state index contributed by atoms with van der Waals surface area (Å²) in [6.45, 7) is 6.07. The van der Waals surface area contributed by atoms with Crippen molar-refractivity contribution in [1.82, 2.24) is 9.80 Å². The molecule has 1 fully saturated rings. The van der Waals surface area contributed by atoms with E-state index in [4.69, 9.17) is 0 Å². The number of benzene rings is 1. The molecule has 1 aromatic carbocycles. The molecule has 1 aliphatic heterocycles. The molecule has 0 radical (unpaired) electrons. The lowest BCUT2D eigenvalue weighted by Crippen LogP contribution is -2.50. The van der Waals surface area contributed by atoms with Gasteiger partial charge in [-0.25, -0.2) is 0 Å². The number of carbonyl (C=O) groups excluding carboxylic acids is 2. The van der Waals surface area contributed by atoms with Gasteiger partial charge in [0.1, 0.15) is 11.6 Å². The summed E-state index contributed by atoms with van der Waals surface area (Å²) < 4.78 is 0. The molecule has 0 unspecified atom stereocenters. The van der Waals surface area contributed by atoms with E-state index >= 15 is 0 Å². The van der Waals surface area contributed by atoms with Crippen LogP contribution >= 0.6 is 0 Å². The maximum Gasteiger partial charge on any atom is 0.266 e. The van der Waals surface area contributed by atoms with Gasteiger partial charge in [-0.2, -0.15) is 5.26 Å². The average molecular weight is 326 g/mol. The third kappa shape index (κ3) is 4.13. The molecule has 0 aromatic heterocycles. The highest BCUT2D eigenvalue weighted by Crippen LogP contribution is 2.16. The Kier molecular flexibility index (Phi) is 5.96. The molecule has 126 valence electrons. The van der Waals surface area contributed by atoms with Crippen LogP contribution in [0.25, 0.3) is 0 Å².